The van der Waals surface area contributed by atoms with Crippen LogP contribution in [0.15, 0.2) is 61.1 Å². The second-order valence-corrected chi connectivity index (χ2v) is 5.58. The van der Waals surface area contributed by atoms with Crippen molar-refractivity contribution in [2.45, 2.75) is 19.8 Å². The Morgan fingerprint density at radius 2 is 1.79 bits per heavy atom. The van der Waals surface area contributed by atoms with Crippen molar-refractivity contribution >= 4 is 6.29 Å². The number of carbonyl (C=O) groups excluding carboxylic acids is 1. The van der Waals surface area contributed by atoms with Crippen LogP contribution in [0.5, 0.6) is 11.5 Å². The molecule has 1 aromatic carbocycles. The summed E-state index contributed by atoms with van der Waals surface area (Å²) < 4.78 is 5.75. The highest BCUT2D eigenvalue weighted by Gasteiger charge is 2.04. The van der Waals surface area contributed by atoms with E-state index in [4.69, 9.17) is 4.74 Å². The van der Waals surface area contributed by atoms with E-state index < -0.39 is 0 Å². The molecule has 0 N–H and O–H groups in total. The lowest BCUT2D eigenvalue weighted by molar-refractivity contribution is 0.112. The van der Waals surface area contributed by atoms with Crippen molar-refractivity contribution in [3.8, 4) is 11.5 Å². The molecule has 0 aliphatic carbocycles. The first-order valence-electron chi connectivity index (χ1n) is 7.82. The summed E-state index contributed by atoms with van der Waals surface area (Å²) in [6.45, 7) is 2.00. The van der Waals surface area contributed by atoms with Crippen LogP contribution in [0.4, 0.5) is 0 Å². The van der Waals surface area contributed by atoms with Gasteiger partial charge < -0.3 is 4.74 Å². The van der Waals surface area contributed by atoms with Gasteiger partial charge in [-0.3, -0.25) is 14.8 Å². The standard InChI is InChI=1S/C20H18N2O2/c1-15-12-17(8-11-22-15)3-2-16-4-6-19(7-5-16)24-20-9-10-21-13-18(20)14-23/h4-14H,2-3H2,1H3. The van der Waals surface area contributed by atoms with Crippen LogP contribution in [0.2, 0.25) is 0 Å². The van der Waals surface area contributed by atoms with Crippen molar-refractivity contribution in [3.63, 3.8) is 0 Å². The van der Waals surface area contributed by atoms with E-state index in [1.165, 1.54) is 17.3 Å². The minimum absolute atomic E-state index is 0.439. The molecule has 3 aromatic rings. The molecule has 0 atom stereocenters. The molecule has 0 unspecified atom stereocenters. The third-order valence-electron chi connectivity index (χ3n) is 3.75. The number of pyridine rings is 2. The summed E-state index contributed by atoms with van der Waals surface area (Å²) in [5.74, 6) is 1.22. The minimum atomic E-state index is 0.439. The van der Waals surface area contributed by atoms with E-state index in [0.717, 1.165) is 24.8 Å². The lowest BCUT2D eigenvalue weighted by atomic mass is 10.0. The maximum Gasteiger partial charge on any atom is 0.155 e. The summed E-state index contributed by atoms with van der Waals surface area (Å²) >= 11 is 0. The fraction of sp³-hybridized carbons (Fsp3) is 0.150. The summed E-state index contributed by atoms with van der Waals surface area (Å²) in [7, 11) is 0. The fourth-order valence-corrected chi connectivity index (χ4v) is 2.47. The Hall–Kier alpha value is -3.01. The fourth-order valence-electron chi connectivity index (χ4n) is 2.47. The van der Waals surface area contributed by atoms with Gasteiger partial charge in [0.15, 0.2) is 6.29 Å². The van der Waals surface area contributed by atoms with Crippen LogP contribution in [0.25, 0.3) is 0 Å². The molecule has 0 saturated heterocycles. The zero-order chi connectivity index (χ0) is 16.8. The quantitative estimate of drug-likeness (QED) is 0.640. The molecule has 4 heteroatoms. The van der Waals surface area contributed by atoms with Crippen molar-refractivity contribution in [2.75, 3.05) is 0 Å². The molecule has 4 nitrogen and oxygen atoms in total. The summed E-state index contributed by atoms with van der Waals surface area (Å²) in [5, 5.41) is 0. The van der Waals surface area contributed by atoms with Crippen LogP contribution in [-0.4, -0.2) is 16.3 Å². The van der Waals surface area contributed by atoms with Crippen molar-refractivity contribution < 1.29 is 9.53 Å². The Labute approximate surface area is 141 Å². The van der Waals surface area contributed by atoms with Gasteiger partial charge in [-0.25, -0.2) is 0 Å². The van der Waals surface area contributed by atoms with Crippen LogP contribution < -0.4 is 4.74 Å². The van der Waals surface area contributed by atoms with Crippen LogP contribution in [0, 0.1) is 6.92 Å². The number of ether oxygens (including phenoxy) is 1. The summed E-state index contributed by atoms with van der Waals surface area (Å²) in [5.41, 5.74) is 4.01. The zero-order valence-corrected chi connectivity index (χ0v) is 13.5. The molecular weight excluding hydrogens is 300 g/mol. The van der Waals surface area contributed by atoms with Crippen LogP contribution >= 0.6 is 0 Å². The van der Waals surface area contributed by atoms with Gasteiger partial charge >= 0.3 is 0 Å². The number of hydrogen-bond donors (Lipinski definition) is 0. The predicted octanol–water partition coefficient (Wildman–Crippen LogP) is 4.18. The Morgan fingerprint density at radius 1 is 1.00 bits per heavy atom. The number of aldehydes is 1. The van der Waals surface area contributed by atoms with Crippen LogP contribution in [-0.2, 0) is 12.8 Å². The molecule has 0 saturated carbocycles. The first-order valence-corrected chi connectivity index (χ1v) is 7.82. The van der Waals surface area contributed by atoms with Crippen molar-refractivity contribution in [1.82, 2.24) is 9.97 Å². The van der Waals surface area contributed by atoms with E-state index >= 15 is 0 Å². The summed E-state index contributed by atoms with van der Waals surface area (Å²) in [6, 6.07) is 13.8. The number of aromatic nitrogens is 2. The molecule has 0 radical (unpaired) electrons. The molecule has 0 aliphatic rings. The SMILES string of the molecule is Cc1cc(CCc2ccc(Oc3ccncc3C=O)cc2)ccn1. The number of benzene rings is 1. The Kier molecular flexibility index (Phi) is 4.96. The van der Waals surface area contributed by atoms with E-state index in [0.29, 0.717) is 17.1 Å². The lowest BCUT2D eigenvalue weighted by Gasteiger charge is -2.08. The molecule has 2 heterocycles. The summed E-state index contributed by atoms with van der Waals surface area (Å²) in [6.07, 6.45) is 7.62. The molecule has 24 heavy (non-hydrogen) atoms. The molecule has 3 rings (SSSR count). The maximum absolute atomic E-state index is 11.0. The molecule has 0 bridgehead atoms. The van der Waals surface area contributed by atoms with Gasteiger partial charge in [-0.05, 0) is 61.2 Å². The van der Waals surface area contributed by atoms with Gasteiger partial charge in [-0.2, -0.15) is 0 Å². The van der Waals surface area contributed by atoms with Gasteiger partial charge in [0, 0.05) is 24.3 Å². The van der Waals surface area contributed by atoms with Crippen LogP contribution in [0.3, 0.4) is 0 Å². The van der Waals surface area contributed by atoms with Gasteiger partial charge in [0.25, 0.3) is 0 Å². The monoisotopic (exact) mass is 318 g/mol. The highest BCUT2D eigenvalue weighted by molar-refractivity contribution is 5.78. The van der Waals surface area contributed by atoms with Crippen molar-refractivity contribution in [2.24, 2.45) is 0 Å². The van der Waals surface area contributed by atoms with Crippen molar-refractivity contribution in [1.29, 1.82) is 0 Å². The van der Waals surface area contributed by atoms with E-state index in [2.05, 4.69) is 22.1 Å². The van der Waals surface area contributed by atoms with Gasteiger partial charge in [-0.15, -0.1) is 0 Å². The number of nitrogens with zero attached hydrogens (tertiary/aromatic N) is 2. The molecule has 0 fully saturated rings. The molecule has 0 aliphatic heterocycles. The smallest absolute Gasteiger partial charge is 0.155 e. The highest BCUT2D eigenvalue weighted by atomic mass is 16.5. The highest BCUT2D eigenvalue weighted by Crippen LogP contribution is 2.24. The minimum Gasteiger partial charge on any atom is -0.457 e. The average Bonchev–Trinajstić information content (AvgIpc) is 2.62. The number of hydrogen-bond acceptors (Lipinski definition) is 4. The average molecular weight is 318 g/mol. The second-order valence-electron chi connectivity index (χ2n) is 5.58. The molecule has 0 spiro atoms. The zero-order valence-electron chi connectivity index (χ0n) is 13.5. The lowest BCUT2D eigenvalue weighted by Crippen LogP contribution is -1.94. The molecule has 2 aromatic heterocycles. The third kappa shape index (κ3) is 4.04. The number of rotatable bonds is 6. The van der Waals surface area contributed by atoms with Gasteiger partial charge in [0.05, 0.1) is 5.56 Å². The van der Waals surface area contributed by atoms with E-state index in [9.17, 15) is 4.79 Å². The van der Waals surface area contributed by atoms with E-state index in [-0.39, 0.29) is 0 Å². The predicted molar refractivity (Wildman–Crippen MR) is 92.5 cm³/mol. The molecular formula is C20H18N2O2. The van der Waals surface area contributed by atoms with Crippen LogP contribution in [0.1, 0.15) is 27.2 Å². The largest absolute Gasteiger partial charge is 0.457 e. The van der Waals surface area contributed by atoms with Gasteiger partial charge in [-0.1, -0.05) is 12.1 Å². The summed E-state index contributed by atoms with van der Waals surface area (Å²) in [4.78, 5) is 19.1. The van der Waals surface area contributed by atoms with E-state index in [1.54, 1.807) is 12.3 Å². The first-order chi connectivity index (χ1) is 11.7. The van der Waals surface area contributed by atoms with Crippen molar-refractivity contribution in [3.05, 3.63) is 83.4 Å². The Bertz CT molecular complexity index is 829. The molecule has 120 valence electrons. The third-order valence-corrected chi connectivity index (χ3v) is 3.75. The Balaban J connectivity index is 1.64. The first kappa shape index (κ1) is 15.9. The normalized spacial score (nSPS) is 10.4. The number of aryl methyl sites for hydroxylation is 3. The second kappa shape index (κ2) is 7.51. The number of carbonyl (C=O) groups is 1. The van der Waals surface area contributed by atoms with Gasteiger partial charge in [0.2, 0.25) is 0 Å². The van der Waals surface area contributed by atoms with E-state index in [1.807, 2.05) is 37.4 Å². The van der Waals surface area contributed by atoms with Gasteiger partial charge in [0.1, 0.15) is 11.5 Å². The maximum atomic E-state index is 11.0. The Morgan fingerprint density at radius 3 is 2.54 bits per heavy atom. The molecule has 0 amide bonds. The topological polar surface area (TPSA) is 52.1 Å².